The SMILES string of the molecule is C.C.C.C.C.C.C.C.C.C.CC(C)C(C)(C)C.CCC(C)(C)CC.CCC(C)(C)CC.CCC(C)C(C)C.CCC(C)C(C)C.CCC(CC)CC.CCCC(C)(C)C.CCCC(C)(C)C.CCCC(C)CC.CCCC(C)CC. The highest BCUT2D eigenvalue weighted by Gasteiger charge is 2.14. The van der Waals surface area contributed by atoms with Crippen LogP contribution in [0.4, 0.5) is 0 Å². The molecular weight excluding hydrogens is 961 g/mol. The Morgan fingerprint density at radius 1 is 0.263 bits per heavy atom. The van der Waals surface area contributed by atoms with Crippen LogP contribution in [0.1, 0.15) is 459 Å². The third kappa shape index (κ3) is 159. The molecule has 0 saturated carbocycles. The van der Waals surface area contributed by atoms with Gasteiger partial charge in [-0.05, 0) is 87.3 Å². The molecule has 0 aromatic carbocycles. The van der Waals surface area contributed by atoms with Crippen LogP contribution in [-0.2, 0) is 0 Å². The second-order valence-electron chi connectivity index (χ2n) is 27.8. The molecule has 0 radical (unpaired) electrons. The minimum atomic E-state index is 0. The van der Waals surface area contributed by atoms with Gasteiger partial charge in [0.25, 0.3) is 0 Å². The first-order valence-corrected chi connectivity index (χ1v) is 31.6. The Morgan fingerprint density at radius 2 is 0.450 bits per heavy atom. The van der Waals surface area contributed by atoms with Crippen LogP contribution >= 0.6 is 0 Å². The summed E-state index contributed by atoms with van der Waals surface area (Å²) in [7, 11) is 0. The molecule has 0 aliphatic heterocycles. The monoisotopic (exact) mass is 1160 g/mol. The fourth-order valence-electron chi connectivity index (χ4n) is 5.20. The Kier molecular flexibility index (Phi) is 156. The van der Waals surface area contributed by atoms with E-state index in [9.17, 15) is 0 Å². The third-order valence-electron chi connectivity index (χ3n) is 15.8. The average molecular weight is 1160 g/mol. The topological polar surface area (TPSA) is 0 Å². The van der Waals surface area contributed by atoms with Crippen LogP contribution in [0, 0.1) is 74.4 Å². The summed E-state index contributed by atoms with van der Waals surface area (Å²) in [4.78, 5) is 0. The zero-order valence-corrected chi connectivity index (χ0v) is 58.6. The molecule has 520 valence electrons. The second-order valence-corrected chi connectivity index (χ2v) is 27.8. The van der Waals surface area contributed by atoms with Gasteiger partial charge in [0, 0.05) is 0 Å². The minimum absolute atomic E-state index is 0. The summed E-state index contributed by atoms with van der Waals surface area (Å²) in [5, 5.41) is 0. The molecule has 4 atom stereocenters. The number of rotatable bonds is 19. The molecular formula is C80H200. The number of hydrogen-bond donors (Lipinski definition) is 0. The lowest BCUT2D eigenvalue weighted by Gasteiger charge is -2.22. The van der Waals surface area contributed by atoms with Gasteiger partial charge >= 0.3 is 0 Å². The average Bonchev–Trinajstić information content (AvgIpc) is 3.27. The van der Waals surface area contributed by atoms with E-state index in [0.29, 0.717) is 27.1 Å². The van der Waals surface area contributed by atoms with E-state index < -0.39 is 0 Å². The van der Waals surface area contributed by atoms with E-state index in [1.165, 1.54) is 122 Å². The first-order valence-electron chi connectivity index (χ1n) is 31.6. The molecule has 0 heterocycles. The molecule has 0 aliphatic carbocycles. The highest BCUT2D eigenvalue weighted by atomic mass is 14.2. The summed E-state index contributed by atoms with van der Waals surface area (Å²) in [6.07, 6.45) is 25.3. The summed E-state index contributed by atoms with van der Waals surface area (Å²) in [5.74, 6) is 7.22. The highest BCUT2D eigenvalue weighted by molar-refractivity contribution is 4.65. The molecule has 0 fully saturated rings. The van der Waals surface area contributed by atoms with Crippen LogP contribution in [0.2, 0.25) is 0 Å². The van der Waals surface area contributed by atoms with Crippen molar-refractivity contribution in [1.82, 2.24) is 0 Å². The summed E-state index contributed by atoms with van der Waals surface area (Å²) < 4.78 is 0. The van der Waals surface area contributed by atoms with Gasteiger partial charge in [0.15, 0.2) is 0 Å². The van der Waals surface area contributed by atoms with Gasteiger partial charge in [-0.3, -0.25) is 0 Å². The van der Waals surface area contributed by atoms with E-state index in [0.717, 1.165) is 47.3 Å². The van der Waals surface area contributed by atoms with Crippen molar-refractivity contribution in [3.63, 3.8) is 0 Å². The van der Waals surface area contributed by atoms with Crippen LogP contribution < -0.4 is 0 Å². The molecule has 0 heteroatoms. The van der Waals surface area contributed by atoms with Crippen molar-refractivity contribution in [1.29, 1.82) is 0 Å². The molecule has 4 unspecified atom stereocenters. The van der Waals surface area contributed by atoms with Crippen molar-refractivity contribution in [2.75, 3.05) is 0 Å². The zero-order valence-electron chi connectivity index (χ0n) is 58.6. The molecule has 0 aromatic rings. The molecule has 0 aliphatic rings. The minimum Gasteiger partial charge on any atom is -0.0776 e. The van der Waals surface area contributed by atoms with E-state index in [1.54, 1.807) is 0 Å². The van der Waals surface area contributed by atoms with E-state index in [4.69, 9.17) is 0 Å². The Hall–Kier alpha value is 0. The standard InChI is InChI=1S/10C7H16.10CH4/c1-6(2)7(3,4)5;2*1-5-6-7(2,3)4;2*1-5-7(3,4)6-2;2*1-5-7(4)6(2)3;2*1-4-6-7(3)5-2;1-4-7(5-2)6-3;;;;;;;;;;/h6H,1-5H3;4*5-6H2,1-4H3;2*6-7H,5H2,1-4H3;3*7H,4-6H2,1-3H3;10*1H4. The van der Waals surface area contributed by atoms with Crippen molar-refractivity contribution < 1.29 is 0 Å². The van der Waals surface area contributed by atoms with Gasteiger partial charge < -0.3 is 0 Å². The van der Waals surface area contributed by atoms with E-state index >= 15 is 0 Å². The van der Waals surface area contributed by atoms with Gasteiger partial charge in [-0.1, -0.05) is 447 Å². The van der Waals surface area contributed by atoms with E-state index in [-0.39, 0.29) is 74.3 Å². The van der Waals surface area contributed by atoms with Gasteiger partial charge in [0.2, 0.25) is 0 Å². The molecule has 0 amide bonds. The van der Waals surface area contributed by atoms with Gasteiger partial charge in [-0.2, -0.15) is 0 Å². The van der Waals surface area contributed by atoms with Crippen molar-refractivity contribution in [3.05, 3.63) is 0 Å². The fraction of sp³-hybridized carbons (Fsp3) is 1.00. The Labute approximate surface area is 531 Å². The first kappa shape index (κ1) is 139. The predicted molar refractivity (Wildman–Crippen MR) is 411 cm³/mol. The Bertz CT molecular complexity index is 772. The zero-order chi connectivity index (χ0) is 58.6. The summed E-state index contributed by atoms with van der Waals surface area (Å²) in [6.45, 7) is 86.1. The van der Waals surface area contributed by atoms with Crippen LogP contribution in [-0.4, -0.2) is 0 Å². The Morgan fingerprint density at radius 3 is 0.463 bits per heavy atom. The lowest BCUT2D eigenvalue weighted by atomic mass is 9.84. The lowest BCUT2D eigenvalue weighted by Crippen LogP contribution is -2.12. The molecule has 0 rings (SSSR count). The van der Waals surface area contributed by atoms with Crippen molar-refractivity contribution in [3.8, 4) is 0 Å². The maximum absolute atomic E-state index is 2.31. The number of hydrogen-bond acceptors (Lipinski definition) is 0. The quantitative estimate of drug-likeness (QED) is 0.121. The Balaban J connectivity index is -0.0000000274. The maximum atomic E-state index is 2.31. The smallest absolute Gasteiger partial charge is 0.0359 e. The van der Waals surface area contributed by atoms with E-state index in [1.807, 2.05) is 0 Å². The highest BCUT2D eigenvalue weighted by Crippen LogP contribution is 2.25. The molecule has 0 bridgehead atoms. The second kappa shape index (κ2) is 90.2. The summed E-state index contributed by atoms with van der Waals surface area (Å²) in [6, 6.07) is 0. The molecule has 0 spiro atoms. The van der Waals surface area contributed by atoms with Crippen LogP contribution in [0.3, 0.4) is 0 Å². The molecule has 80 heavy (non-hydrogen) atoms. The normalized spacial score (nSPS) is 11.3. The maximum Gasteiger partial charge on any atom is -0.0359 e. The largest absolute Gasteiger partial charge is 0.0776 e. The van der Waals surface area contributed by atoms with Crippen LogP contribution in [0.5, 0.6) is 0 Å². The summed E-state index contributed by atoms with van der Waals surface area (Å²) in [5.41, 5.74) is 2.77. The summed E-state index contributed by atoms with van der Waals surface area (Å²) >= 11 is 0. The third-order valence-corrected chi connectivity index (χ3v) is 15.8. The molecule has 0 saturated heterocycles. The van der Waals surface area contributed by atoms with Crippen molar-refractivity contribution in [2.45, 2.75) is 459 Å². The van der Waals surface area contributed by atoms with Gasteiger partial charge in [-0.15, -0.1) is 0 Å². The van der Waals surface area contributed by atoms with Gasteiger partial charge in [0.1, 0.15) is 0 Å². The molecule has 0 aromatic heterocycles. The van der Waals surface area contributed by atoms with Crippen molar-refractivity contribution in [2.24, 2.45) is 74.4 Å². The predicted octanol–water partition coefficient (Wildman–Crippen LogP) is 34.3. The van der Waals surface area contributed by atoms with Crippen LogP contribution in [0.25, 0.3) is 0 Å². The lowest BCUT2D eigenvalue weighted by molar-refractivity contribution is 0.283. The van der Waals surface area contributed by atoms with Gasteiger partial charge in [-0.25, -0.2) is 0 Å². The van der Waals surface area contributed by atoms with Gasteiger partial charge in [0.05, 0.1) is 0 Å². The fourth-order valence-corrected chi connectivity index (χ4v) is 5.20. The molecule has 0 N–H and O–H groups in total. The van der Waals surface area contributed by atoms with E-state index in [2.05, 4.69) is 263 Å². The van der Waals surface area contributed by atoms with Crippen LogP contribution in [0.15, 0.2) is 0 Å². The first-order chi connectivity index (χ1) is 31.6. The molecule has 0 nitrogen and oxygen atoms in total. The van der Waals surface area contributed by atoms with Crippen molar-refractivity contribution >= 4 is 0 Å².